The Morgan fingerprint density at radius 3 is 2.45 bits per heavy atom. The van der Waals surface area contributed by atoms with E-state index in [9.17, 15) is 9.18 Å². The first-order valence-corrected chi connectivity index (χ1v) is 3.40. The van der Waals surface area contributed by atoms with E-state index in [2.05, 4.69) is 0 Å². The number of carbonyl (C=O) groups is 1. The van der Waals surface area contributed by atoms with Gasteiger partial charge in [0.2, 0.25) is 0 Å². The number of hydrogen-bond donors (Lipinski definition) is 3. The van der Waals surface area contributed by atoms with E-state index in [0.717, 1.165) is 0 Å². The Bertz CT molecular complexity index is 132. The molecule has 0 aliphatic carbocycles. The van der Waals surface area contributed by atoms with Gasteiger partial charge in [-0.05, 0) is 12.8 Å². The quantitative estimate of drug-likeness (QED) is 0.509. The van der Waals surface area contributed by atoms with E-state index in [0.29, 0.717) is 0 Å². The molecule has 0 aromatic rings. The van der Waals surface area contributed by atoms with Crippen molar-refractivity contribution in [3.8, 4) is 0 Å². The van der Waals surface area contributed by atoms with Crippen LogP contribution in [-0.4, -0.2) is 29.8 Å². The van der Waals surface area contributed by atoms with Crippen molar-refractivity contribution in [3.63, 3.8) is 0 Å². The highest BCUT2D eigenvalue weighted by Gasteiger charge is 2.13. The fourth-order valence-corrected chi connectivity index (χ4v) is 0.602. The summed E-state index contributed by atoms with van der Waals surface area (Å²) in [6, 6.07) is -0.972. The summed E-state index contributed by atoms with van der Waals surface area (Å²) in [5.74, 6) is -1.10. The Morgan fingerprint density at radius 2 is 2.09 bits per heavy atom. The van der Waals surface area contributed by atoms with Crippen LogP contribution in [0.2, 0.25) is 0 Å². The number of aliphatic carboxylic acids is 1. The standard InChI is InChI=1S/C6H13FN2O2/c7-4(3-8)1-2-5(9)6(10)11/h4-5H,1-3,8-9H2,(H,10,11)/t4?,5-/m0/s1. The van der Waals surface area contributed by atoms with E-state index in [-0.39, 0.29) is 19.4 Å². The van der Waals surface area contributed by atoms with Gasteiger partial charge in [0.05, 0.1) is 0 Å². The van der Waals surface area contributed by atoms with Crippen LogP contribution in [0.1, 0.15) is 12.8 Å². The summed E-state index contributed by atoms with van der Waals surface area (Å²) in [5.41, 5.74) is 10.1. The van der Waals surface area contributed by atoms with E-state index in [1.807, 2.05) is 0 Å². The number of hydrogen-bond acceptors (Lipinski definition) is 3. The minimum atomic E-state index is -1.14. The van der Waals surface area contributed by atoms with Gasteiger partial charge in [0.15, 0.2) is 0 Å². The molecule has 0 saturated carbocycles. The van der Waals surface area contributed by atoms with Gasteiger partial charge < -0.3 is 16.6 Å². The third-order valence-corrected chi connectivity index (χ3v) is 1.36. The van der Waals surface area contributed by atoms with Crippen molar-refractivity contribution in [2.45, 2.75) is 25.1 Å². The maximum atomic E-state index is 12.4. The third kappa shape index (κ3) is 4.69. The first-order valence-electron chi connectivity index (χ1n) is 3.40. The van der Waals surface area contributed by atoms with E-state index in [1.165, 1.54) is 0 Å². The van der Waals surface area contributed by atoms with Crippen molar-refractivity contribution < 1.29 is 14.3 Å². The highest BCUT2D eigenvalue weighted by molar-refractivity contribution is 5.72. The maximum Gasteiger partial charge on any atom is 0.320 e. The zero-order chi connectivity index (χ0) is 8.85. The van der Waals surface area contributed by atoms with Crippen LogP contribution in [0.4, 0.5) is 4.39 Å². The number of rotatable bonds is 5. The van der Waals surface area contributed by atoms with Crippen molar-refractivity contribution in [2.24, 2.45) is 11.5 Å². The van der Waals surface area contributed by atoms with Crippen molar-refractivity contribution >= 4 is 5.97 Å². The number of nitrogens with two attached hydrogens (primary N) is 2. The first kappa shape index (κ1) is 10.3. The fraction of sp³-hybridized carbons (Fsp3) is 0.833. The molecule has 0 amide bonds. The SMILES string of the molecule is NCC(F)CC[C@H](N)C(=O)O. The molecule has 5 N–H and O–H groups in total. The Balaban J connectivity index is 3.45. The molecule has 2 atom stereocenters. The Hall–Kier alpha value is -0.680. The van der Waals surface area contributed by atoms with Crippen LogP contribution in [0.15, 0.2) is 0 Å². The van der Waals surface area contributed by atoms with Gasteiger partial charge in [-0.3, -0.25) is 4.79 Å². The molecule has 66 valence electrons. The average molecular weight is 164 g/mol. The molecule has 4 nitrogen and oxygen atoms in total. The molecule has 0 fully saturated rings. The summed E-state index contributed by atoms with van der Waals surface area (Å²) in [4.78, 5) is 10.1. The summed E-state index contributed by atoms with van der Waals surface area (Å²) in [7, 11) is 0. The molecule has 1 unspecified atom stereocenters. The Kier molecular flexibility index (Phi) is 4.72. The third-order valence-electron chi connectivity index (χ3n) is 1.36. The van der Waals surface area contributed by atoms with Crippen LogP contribution >= 0.6 is 0 Å². The molecule has 0 rings (SSSR count). The number of carboxylic acids is 1. The highest BCUT2D eigenvalue weighted by Crippen LogP contribution is 2.02. The summed E-state index contributed by atoms with van der Waals surface area (Å²) in [5, 5.41) is 8.29. The van der Waals surface area contributed by atoms with E-state index < -0.39 is 18.2 Å². The van der Waals surface area contributed by atoms with Crippen LogP contribution in [-0.2, 0) is 4.79 Å². The maximum absolute atomic E-state index is 12.4. The van der Waals surface area contributed by atoms with Crippen LogP contribution in [0.5, 0.6) is 0 Å². The smallest absolute Gasteiger partial charge is 0.320 e. The monoisotopic (exact) mass is 164 g/mol. The van der Waals surface area contributed by atoms with Gasteiger partial charge in [0.25, 0.3) is 0 Å². The van der Waals surface area contributed by atoms with Crippen molar-refractivity contribution in [1.82, 2.24) is 0 Å². The molecule has 0 aromatic carbocycles. The van der Waals surface area contributed by atoms with Gasteiger partial charge in [0.1, 0.15) is 12.2 Å². The second kappa shape index (κ2) is 5.03. The second-order valence-electron chi connectivity index (χ2n) is 2.36. The molecule has 11 heavy (non-hydrogen) atoms. The van der Waals surface area contributed by atoms with Crippen molar-refractivity contribution in [3.05, 3.63) is 0 Å². The lowest BCUT2D eigenvalue weighted by molar-refractivity contribution is -0.138. The summed E-state index contributed by atoms with van der Waals surface area (Å²) in [6.45, 7) is -0.0770. The summed E-state index contributed by atoms with van der Waals surface area (Å²) < 4.78 is 12.4. The lowest BCUT2D eigenvalue weighted by Gasteiger charge is -2.07. The molecule has 0 bridgehead atoms. The summed E-state index contributed by atoms with van der Waals surface area (Å²) in [6.07, 6.45) is -0.891. The lowest BCUT2D eigenvalue weighted by Crippen LogP contribution is -2.31. The molecule has 5 heteroatoms. The Labute approximate surface area is 64.4 Å². The lowest BCUT2D eigenvalue weighted by atomic mass is 10.1. The minimum absolute atomic E-state index is 0.0770. The molecular formula is C6H13FN2O2. The predicted molar refractivity (Wildman–Crippen MR) is 38.8 cm³/mol. The topological polar surface area (TPSA) is 89.3 Å². The van der Waals surface area contributed by atoms with Gasteiger partial charge >= 0.3 is 5.97 Å². The molecule has 0 spiro atoms. The van der Waals surface area contributed by atoms with Gasteiger partial charge in [0, 0.05) is 6.54 Å². The van der Waals surface area contributed by atoms with Crippen LogP contribution in [0.25, 0.3) is 0 Å². The largest absolute Gasteiger partial charge is 0.480 e. The Morgan fingerprint density at radius 1 is 1.55 bits per heavy atom. The van der Waals surface area contributed by atoms with Gasteiger partial charge in [-0.2, -0.15) is 0 Å². The zero-order valence-corrected chi connectivity index (χ0v) is 6.16. The normalized spacial score (nSPS) is 15.9. The molecule has 0 heterocycles. The first-order chi connectivity index (χ1) is 5.07. The van der Waals surface area contributed by atoms with Crippen molar-refractivity contribution in [1.29, 1.82) is 0 Å². The van der Waals surface area contributed by atoms with Gasteiger partial charge in [-0.1, -0.05) is 0 Å². The molecular weight excluding hydrogens is 151 g/mol. The average Bonchev–Trinajstić information content (AvgIpc) is 1.99. The number of alkyl halides is 1. The van der Waals surface area contributed by atoms with E-state index in [4.69, 9.17) is 16.6 Å². The summed E-state index contributed by atoms with van der Waals surface area (Å²) >= 11 is 0. The van der Waals surface area contributed by atoms with Crippen molar-refractivity contribution in [2.75, 3.05) is 6.54 Å². The van der Waals surface area contributed by atoms with Gasteiger partial charge in [-0.25, -0.2) is 4.39 Å². The molecule has 0 radical (unpaired) electrons. The molecule has 0 aromatic heterocycles. The minimum Gasteiger partial charge on any atom is -0.480 e. The zero-order valence-electron chi connectivity index (χ0n) is 6.16. The molecule has 0 aliphatic rings. The molecule has 0 saturated heterocycles. The van der Waals surface area contributed by atoms with Gasteiger partial charge in [-0.15, -0.1) is 0 Å². The predicted octanol–water partition coefficient (Wildman–Crippen LogP) is -0.525. The van der Waals surface area contributed by atoms with Crippen LogP contribution < -0.4 is 11.5 Å². The fourth-order valence-electron chi connectivity index (χ4n) is 0.602. The highest BCUT2D eigenvalue weighted by atomic mass is 19.1. The number of carboxylic acid groups (broad SMARTS) is 1. The van der Waals surface area contributed by atoms with E-state index in [1.54, 1.807) is 0 Å². The molecule has 0 aliphatic heterocycles. The second-order valence-corrected chi connectivity index (χ2v) is 2.36. The van der Waals surface area contributed by atoms with E-state index >= 15 is 0 Å². The van der Waals surface area contributed by atoms with Crippen LogP contribution in [0.3, 0.4) is 0 Å². The number of halogens is 1. The van der Waals surface area contributed by atoms with Crippen LogP contribution in [0, 0.1) is 0 Å².